The van der Waals surface area contributed by atoms with Gasteiger partial charge in [0.2, 0.25) is 0 Å². The van der Waals surface area contributed by atoms with Crippen molar-refractivity contribution in [1.82, 2.24) is 0 Å². The Morgan fingerprint density at radius 3 is 2.39 bits per heavy atom. The van der Waals surface area contributed by atoms with Crippen LogP contribution in [0, 0.1) is 5.92 Å². The third-order valence-electron chi connectivity index (χ3n) is 4.14. The van der Waals surface area contributed by atoms with E-state index in [4.69, 9.17) is 4.74 Å². The summed E-state index contributed by atoms with van der Waals surface area (Å²) in [7, 11) is 0. The molecule has 1 fully saturated rings. The molecule has 18 heavy (non-hydrogen) atoms. The summed E-state index contributed by atoms with van der Waals surface area (Å²) in [5.74, 6) is 0.834. The van der Waals surface area contributed by atoms with Crippen LogP contribution in [0.4, 0.5) is 0 Å². The average molecular weight is 248 g/mol. The number of aliphatic hydroxyl groups excluding tert-OH is 1. The zero-order valence-corrected chi connectivity index (χ0v) is 11.6. The molecule has 100 valence electrons. The molecule has 1 aromatic carbocycles. The zero-order chi connectivity index (χ0) is 13.1. The second kappa shape index (κ2) is 5.85. The number of ether oxygens (including phenoxy) is 1. The molecule has 0 saturated carbocycles. The topological polar surface area (TPSA) is 29.5 Å². The number of rotatable bonds is 4. The normalized spacial score (nSPS) is 27.1. The van der Waals surface area contributed by atoms with Gasteiger partial charge in [-0.15, -0.1) is 0 Å². The molecule has 1 aliphatic heterocycles. The Kier molecular flexibility index (Phi) is 4.41. The average Bonchev–Trinajstić information content (AvgIpc) is 2.84. The van der Waals surface area contributed by atoms with Gasteiger partial charge in [0, 0.05) is 5.92 Å². The van der Waals surface area contributed by atoms with E-state index >= 15 is 0 Å². The molecule has 0 aliphatic carbocycles. The van der Waals surface area contributed by atoms with Crippen molar-refractivity contribution in [2.45, 2.75) is 51.7 Å². The summed E-state index contributed by atoms with van der Waals surface area (Å²) in [4.78, 5) is 0. The van der Waals surface area contributed by atoms with E-state index in [0.29, 0.717) is 12.5 Å². The second-order valence-electron chi connectivity index (χ2n) is 5.56. The lowest BCUT2D eigenvalue weighted by atomic mass is 9.91. The van der Waals surface area contributed by atoms with E-state index < -0.39 is 0 Å². The predicted molar refractivity (Wildman–Crippen MR) is 73.6 cm³/mol. The lowest BCUT2D eigenvalue weighted by Gasteiger charge is -2.18. The summed E-state index contributed by atoms with van der Waals surface area (Å²) in [5.41, 5.74) is 2.37. The number of benzene rings is 1. The Labute approximate surface area is 110 Å². The molecule has 0 radical (unpaired) electrons. The van der Waals surface area contributed by atoms with Gasteiger partial charge in [0.05, 0.1) is 18.8 Å². The number of aliphatic hydroxyl groups is 1. The summed E-state index contributed by atoms with van der Waals surface area (Å²) in [6.45, 7) is 7.18. The van der Waals surface area contributed by atoms with Crippen LogP contribution in [0.2, 0.25) is 0 Å². The Morgan fingerprint density at radius 2 is 1.89 bits per heavy atom. The van der Waals surface area contributed by atoms with Crippen LogP contribution in [-0.4, -0.2) is 17.8 Å². The van der Waals surface area contributed by atoms with Crippen molar-refractivity contribution in [3.05, 3.63) is 35.4 Å². The SMILES string of the molecule is CCC(C)c1ccc(C(O)C2COC(C)C2)cc1. The Balaban J connectivity index is 2.05. The van der Waals surface area contributed by atoms with Gasteiger partial charge in [-0.05, 0) is 36.8 Å². The molecule has 1 saturated heterocycles. The minimum atomic E-state index is -0.388. The standard InChI is InChI=1S/C16H24O2/c1-4-11(2)13-5-7-14(8-6-13)16(17)15-9-12(3)18-10-15/h5-8,11-12,15-17H,4,9-10H2,1-3H3. The van der Waals surface area contributed by atoms with Crippen molar-refractivity contribution in [2.24, 2.45) is 5.92 Å². The first-order valence-corrected chi connectivity index (χ1v) is 7.01. The van der Waals surface area contributed by atoms with Crippen LogP contribution in [-0.2, 0) is 4.74 Å². The van der Waals surface area contributed by atoms with Crippen LogP contribution in [0.25, 0.3) is 0 Å². The minimum Gasteiger partial charge on any atom is -0.388 e. The first-order chi connectivity index (χ1) is 8.61. The van der Waals surface area contributed by atoms with Gasteiger partial charge >= 0.3 is 0 Å². The Morgan fingerprint density at radius 1 is 1.28 bits per heavy atom. The van der Waals surface area contributed by atoms with Gasteiger partial charge in [0.15, 0.2) is 0 Å². The van der Waals surface area contributed by atoms with Crippen LogP contribution < -0.4 is 0 Å². The van der Waals surface area contributed by atoms with E-state index in [9.17, 15) is 5.11 Å². The number of hydrogen-bond donors (Lipinski definition) is 1. The molecule has 1 heterocycles. The smallest absolute Gasteiger partial charge is 0.0841 e. The monoisotopic (exact) mass is 248 g/mol. The van der Waals surface area contributed by atoms with Gasteiger partial charge in [-0.25, -0.2) is 0 Å². The molecule has 1 N–H and O–H groups in total. The third kappa shape index (κ3) is 2.93. The van der Waals surface area contributed by atoms with E-state index in [1.807, 2.05) is 0 Å². The predicted octanol–water partition coefficient (Wildman–Crippen LogP) is 3.66. The molecule has 2 nitrogen and oxygen atoms in total. The first kappa shape index (κ1) is 13.6. The van der Waals surface area contributed by atoms with Crippen molar-refractivity contribution in [3.8, 4) is 0 Å². The summed E-state index contributed by atoms with van der Waals surface area (Å²) in [6, 6.07) is 8.42. The van der Waals surface area contributed by atoms with Gasteiger partial charge in [-0.2, -0.15) is 0 Å². The van der Waals surface area contributed by atoms with Gasteiger partial charge in [-0.1, -0.05) is 38.1 Å². The fraction of sp³-hybridized carbons (Fsp3) is 0.625. The van der Waals surface area contributed by atoms with E-state index in [1.165, 1.54) is 5.56 Å². The maximum Gasteiger partial charge on any atom is 0.0841 e. The molecule has 0 bridgehead atoms. The van der Waals surface area contributed by atoms with Gasteiger partial charge in [-0.3, -0.25) is 0 Å². The molecule has 4 atom stereocenters. The highest BCUT2D eigenvalue weighted by molar-refractivity contribution is 5.26. The van der Waals surface area contributed by atoms with Crippen molar-refractivity contribution >= 4 is 0 Å². The molecule has 2 heteroatoms. The van der Waals surface area contributed by atoms with Crippen LogP contribution in [0.1, 0.15) is 56.8 Å². The van der Waals surface area contributed by atoms with Crippen molar-refractivity contribution in [2.75, 3.05) is 6.61 Å². The largest absolute Gasteiger partial charge is 0.388 e. The number of hydrogen-bond acceptors (Lipinski definition) is 2. The maximum atomic E-state index is 10.3. The first-order valence-electron chi connectivity index (χ1n) is 7.01. The van der Waals surface area contributed by atoms with Gasteiger partial charge in [0.1, 0.15) is 0 Å². The second-order valence-corrected chi connectivity index (χ2v) is 5.56. The highest BCUT2D eigenvalue weighted by Gasteiger charge is 2.29. The molecule has 2 rings (SSSR count). The van der Waals surface area contributed by atoms with E-state index in [0.717, 1.165) is 18.4 Å². The zero-order valence-electron chi connectivity index (χ0n) is 11.6. The fourth-order valence-corrected chi connectivity index (χ4v) is 2.60. The molecule has 0 amide bonds. The molecule has 1 aromatic rings. The highest BCUT2D eigenvalue weighted by atomic mass is 16.5. The van der Waals surface area contributed by atoms with E-state index in [-0.39, 0.29) is 18.1 Å². The van der Waals surface area contributed by atoms with Crippen LogP contribution in [0.5, 0.6) is 0 Å². The quantitative estimate of drug-likeness (QED) is 0.881. The van der Waals surface area contributed by atoms with Crippen LogP contribution >= 0.6 is 0 Å². The summed E-state index contributed by atoms with van der Waals surface area (Å²) >= 11 is 0. The molecule has 0 spiro atoms. The fourth-order valence-electron chi connectivity index (χ4n) is 2.60. The molecule has 0 aromatic heterocycles. The van der Waals surface area contributed by atoms with Crippen LogP contribution in [0.15, 0.2) is 24.3 Å². The summed E-state index contributed by atoms with van der Waals surface area (Å²) in [6.07, 6.45) is 1.99. The van der Waals surface area contributed by atoms with E-state index in [1.54, 1.807) is 0 Å². The molecule has 4 unspecified atom stereocenters. The third-order valence-corrected chi connectivity index (χ3v) is 4.14. The molecule has 1 aliphatic rings. The molecular formula is C16H24O2. The van der Waals surface area contributed by atoms with Gasteiger partial charge < -0.3 is 9.84 Å². The van der Waals surface area contributed by atoms with Crippen LogP contribution in [0.3, 0.4) is 0 Å². The summed E-state index contributed by atoms with van der Waals surface area (Å²) < 4.78 is 5.53. The lowest BCUT2D eigenvalue weighted by molar-refractivity contribution is 0.0804. The van der Waals surface area contributed by atoms with E-state index in [2.05, 4.69) is 45.0 Å². The lowest BCUT2D eigenvalue weighted by Crippen LogP contribution is -2.12. The van der Waals surface area contributed by atoms with Crippen molar-refractivity contribution in [3.63, 3.8) is 0 Å². The maximum absolute atomic E-state index is 10.3. The Hall–Kier alpha value is -0.860. The van der Waals surface area contributed by atoms with Crippen molar-refractivity contribution in [1.29, 1.82) is 0 Å². The van der Waals surface area contributed by atoms with Gasteiger partial charge in [0.25, 0.3) is 0 Å². The Bertz CT molecular complexity index is 371. The molecular weight excluding hydrogens is 224 g/mol. The van der Waals surface area contributed by atoms with Crippen molar-refractivity contribution < 1.29 is 9.84 Å². The summed E-state index contributed by atoms with van der Waals surface area (Å²) in [5, 5.41) is 10.3. The minimum absolute atomic E-state index is 0.245. The highest BCUT2D eigenvalue weighted by Crippen LogP contribution is 2.32.